The Morgan fingerprint density at radius 2 is 2.12 bits per heavy atom. The van der Waals surface area contributed by atoms with Gasteiger partial charge in [0.1, 0.15) is 21.5 Å². The quantitative estimate of drug-likeness (QED) is 0.860. The van der Waals surface area contributed by atoms with Gasteiger partial charge in [0.15, 0.2) is 0 Å². The Hall–Kier alpha value is -0.700. The van der Waals surface area contributed by atoms with Crippen LogP contribution in [0.1, 0.15) is 0 Å². The second-order valence-corrected chi connectivity index (χ2v) is 7.65. The lowest BCUT2D eigenvalue weighted by Gasteiger charge is -2.04. The number of thiophene rings is 1. The van der Waals surface area contributed by atoms with E-state index in [4.69, 9.17) is 11.6 Å². The van der Waals surface area contributed by atoms with Crippen molar-refractivity contribution < 1.29 is 8.42 Å². The maximum Gasteiger partial charge on any atom is 0.272 e. The van der Waals surface area contributed by atoms with E-state index in [1.165, 1.54) is 18.5 Å². The Balaban J connectivity index is 2.29. The van der Waals surface area contributed by atoms with E-state index < -0.39 is 10.0 Å². The fraction of sp³-hybridized carbons (Fsp3) is 0. The van der Waals surface area contributed by atoms with Crippen molar-refractivity contribution in [3.05, 3.63) is 33.5 Å². The summed E-state index contributed by atoms with van der Waals surface area (Å²) < 4.78 is 27.0. The molecular formula is C8H5BrClN3O2S2. The van der Waals surface area contributed by atoms with E-state index in [1.807, 2.05) is 0 Å². The Kier molecular flexibility index (Phi) is 3.67. The van der Waals surface area contributed by atoms with E-state index in [9.17, 15) is 8.42 Å². The minimum atomic E-state index is -3.62. The molecule has 0 unspecified atom stereocenters. The number of aromatic nitrogens is 2. The molecule has 0 aliphatic carbocycles. The van der Waals surface area contributed by atoms with Gasteiger partial charge in [-0.25, -0.2) is 18.4 Å². The smallest absolute Gasteiger partial charge is 0.263 e. The molecule has 0 saturated heterocycles. The van der Waals surface area contributed by atoms with E-state index in [-0.39, 0.29) is 15.2 Å². The molecule has 2 heterocycles. The minimum Gasteiger partial charge on any atom is -0.263 e. The van der Waals surface area contributed by atoms with Crippen molar-refractivity contribution in [2.45, 2.75) is 4.21 Å². The Bertz CT molecular complexity index is 644. The molecule has 17 heavy (non-hydrogen) atoms. The predicted octanol–water partition coefficient (Wildman–Crippen LogP) is 2.75. The maximum atomic E-state index is 11.9. The molecule has 0 saturated carbocycles. The third kappa shape index (κ3) is 3.15. The third-order valence-electron chi connectivity index (χ3n) is 1.69. The molecule has 0 aliphatic heterocycles. The van der Waals surface area contributed by atoms with Crippen LogP contribution in [0.2, 0.25) is 5.15 Å². The zero-order chi connectivity index (χ0) is 12.5. The fourth-order valence-electron chi connectivity index (χ4n) is 1.02. The van der Waals surface area contributed by atoms with Gasteiger partial charge in [-0.1, -0.05) is 11.6 Å². The Morgan fingerprint density at radius 3 is 2.71 bits per heavy atom. The second-order valence-electron chi connectivity index (χ2n) is 2.89. The van der Waals surface area contributed by atoms with Crippen molar-refractivity contribution in [2.75, 3.05) is 4.72 Å². The first-order valence-corrected chi connectivity index (χ1v) is 7.70. The maximum absolute atomic E-state index is 11.9. The summed E-state index contributed by atoms with van der Waals surface area (Å²) in [6.07, 6.45) is 1.19. The summed E-state index contributed by atoms with van der Waals surface area (Å²) in [7, 11) is -3.62. The lowest BCUT2D eigenvalue weighted by molar-refractivity contribution is 0.603. The lowest BCUT2D eigenvalue weighted by Crippen LogP contribution is -2.12. The molecule has 0 amide bonds. The molecule has 9 heteroatoms. The molecule has 1 N–H and O–H groups in total. The van der Waals surface area contributed by atoms with Gasteiger partial charge < -0.3 is 0 Å². The monoisotopic (exact) mass is 353 g/mol. The summed E-state index contributed by atoms with van der Waals surface area (Å²) >= 11 is 9.94. The molecule has 0 radical (unpaired) electrons. The highest BCUT2D eigenvalue weighted by molar-refractivity contribution is 9.11. The molecule has 0 spiro atoms. The minimum absolute atomic E-state index is 0.134. The van der Waals surface area contributed by atoms with Crippen LogP contribution in [0.3, 0.4) is 0 Å². The van der Waals surface area contributed by atoms with Gasteiger partial charge >= 0.3 is 0 Å². The number of hydrogen-bond acceptors (Lipinski definition) is 5. The SMILES string of the molecule is O=S(=O)(Nc1cc(Cl)ncn1)c1ccc(Br)s1. The van der Waals surface area contributed by atoms with Gasteiger partial charge in [-0.2, -0.15) is 0 Å². The molecule has 0 bridgehead atoms. The first kappa shape index (κ1) is 12.7. The standard InChI is InChI=1S/C8H5BrClN3O2S2/c9-5-1-2-8(16-5)17(14,15)13-7-3-6(10)11-4-12-7/h1-4H,(H,11,12,13). The molecule has 2 aromatic heterocycles. The van der Waals surface area contributed by atoms with Crippen molar-refractivity contribution >= 4 is 54.7 Å². The van der Waals surface area contributed by atoms with Crippen molar-refractivity contribution in [1.82, 2.24) is 9.97 Å². The topological polar surface area (TPSA) is 72.0 Å². The average Bonchev–Trinajstić information content (AvgIpc) is 2.65. The van der Waals surface area contributed by atoms with Crippen LogP contribution in [-0.2, 0) is 10.0 Å². The summed E-state index contributed by atoms with van der Waals surface area (Å²) in [4.78, 5) is 7.43. The molecule has 0 fully saturated rings. The lowest BCUT2D eigenvalue weighted by atomic mass is 10.6. The van der Waals surface area contributed by atoms with Gasteiger partial charge in [0, 0.05) is 6.07 Å². The van der Waals surface area contributed by atoms with Crippen LogP contribution in [0.25, 0.3) is 0 Å². The van der Waals surface area contributed by atoms with Crippen molar-refractivity contribution in [2.24, 2.45) is 0 Å². The van der Waals surface area contributed by atoms with Crippen molar-refractivity contribution in [3.63, 3.8) is 0 Å². The zero-order valence-electron chi connectivity index (χ0n) is 8.09. The molecule has 2 aromatic rings. The van der Waals surface area contributed by atoms with Crippen LogP contribution in [0.4, 0.5) is 5.82 Å². The van der Waals surface area contributed by atoms with Crippen LogP contribution < -0.4 is 4.72 Å². The van der Waals surface area contributed by atoms with E-state index in [2.05, 4.69) is 30.6 Å². The largest absolute Gasteiger partial charge is 0.272 e. The van der Waals surface area contributed by atoms with Crippen LogP contribution in [0.5, 0.6) is 0 Å². The van der Waals surface area contributed by atoms with E-state index >= 15 is 0 Å². The highest BCUT2D eigenvalue weighted by Gasteiger charge is 2.17. The second kappa shape index (κ2) is 4.89. The molecule has 2 rings (SSSR count). The number of anilines is 1. The summed E-state index contributed by atoms with van der Waals surface area (Å²) in [5.74, 6) is 0.134. The number of sulfonamides is 1. The molecule has 0 atom stereocenters. The van der Waals surface area contributed by atoms with E-state index in [0.29, 0.717) is 0 Å². The van der Waals surface area contributed by atoms with Gasteiger partial charge in [0.05, 0.1) is 3.79 Å². The van der Waals surface area contributed by atoms with Crippen LogP contribution in [-0.4, -0.2) is 18.4 Å². The normalized spacial score (nSPS) is 11.4. The first-order valence-electron chi connectivity index (χ1n) is 4.23. The van der Waals surface area contributed by atoms with Gasteiger partial charge in [-0.05, 0) is 28.1 Å². The fourth-order valence-corrected chi connectivity index (χ4v) is 4.18. The van der Waals surface area contributed by atoms with Gasteiger partial charge in [0.2, 0.25) is 0 Å². The highest BCUT2D eigenvalue weighted by atomic mass is 79.9. The van der Waals surface area contributed by atoms with Gasteiger partial charge in [0.25, 0.3) is 10.0 Å². The van der Waals surface area contributed by atoms with Gasteiger partial charge in [-0.3, -0.25) is 4.72 Å². The summed E-state index contributed by atoms with van der Waals surface area (Å²) in [5, 5.41) is 0.171. The van der Waals surface area contributed by atoms with Crippen LogP contribution >= 0.6 is 38.9 Å². The summed E-state index contributed by atoms with van der Waals surface area (Å²) in [6, 6.07) is 4.49. The molecular weight excluding hydrogens is 350 g/mol. The van der Waals surface area contributed by atoms with E-state index in [1.54, 1.807) is 6.07 Å². The number of rotatable bonds is 3. The average molecular weight is 355 g/mol. The van der Waals surface area contributed by atoms with E-state index in [0.717, 1.165) is 15.1 Å². The van der Waals surface area contributed by atoms with Crippen LogP contribution in [0.15, 0.2) is 32.5 Å². The zero-order valence-corrected chi connectivity index (χ0v) is 12.1. The first-order chi connectivity index (χ1) is 7.97. The third-order valence-corrected chi connectivity index (χ3v) is 5.36. The van der Waals surface area contributed by atoms with Gasteiger partial charge in [-0.15, -0.1) is 11.3 Å². The van der Waals surface area contributed by atoms with Crippen molar-refractivity contribution in [3.8, 4) is 0 Å². The molecule has 5 nitrogen and oxygen atoms in total. The number of halogens is 2. The molecule has 0 aromatic carbocycles. The predicted molar refractivity (Wildman–Crippen MR) is 69.9 cm³/mol. The summed E-state index contributed by atoms with van der Waals surface area (Å²) in [6.45, 7) is 0. The van der Waals surface area contributed by atoms with Crippen molar-refractivity contribution in [1.29, 1.82) is 0 Å². The van der Waals surface area contributed by atoms with Crippen LogP contribution in [0, 0.1) is 0 Å². The highest BCUT2D eigenvalue weighted by Crippen LogP contribution is 2.27. The summed E-state index contributed by atoms with van der Waals surface area (Å²) in [5.41, 5.74) is 0. The number of nitrogens with one attached hydrogen (secondary N) is 1. The Labute approximate surface area is 115 Å². The molecule has 90 valence electrons. The Morgan fingerprint density at radius 1 is 1.35 bits per heavy atom. The molecule has 0 aliphatic rings. The number of hydrogen-bond donors (Lipinski definition) is 1. The number of nitrogens with zero attached hydrogens (tertiary/aromatic N) is 2.